The quantitative estimate of drug-likeness (QED) is 0.603. The van der Waals surface area contributed by atoms with Crippen LogP contribution in [0.4, 0.5) is 0 Å². The Labute approximate surface area is 90.9 Å². The summed E-state index contributed by atoms with van der Waals surface area (Å²) in [5, 5.41) is 0. The second kappa shape index (κ2) is 6.44. The summed E-state index contributed by atoms with van der Waals surface area (Å²) in [7, 11) is 2.22. The largest absolute Gasteiger partial charge is 0.307 e. The first-order valence-corrected chi connectivity index (χ1v) is 6.21. The third-order valence-corrected chi connectivity index (χ3v) is 4.16. The van der Waals surface area contributed by atoms with Crippen molar-refractivity contribution in [2.45, 2.75) is 53.9 Å². The number of hydrogen-bond acceptors (Lipinski definition) is 1. The van der Waals surface area contributed by atoms with Gasteiger partial charge in [0.25, 0.3) is 0 Å². The van der Waals surface area contributed by atoms with Crippen molar-refractivity contribution in [2.24, 2.45) is 11.3 Å². The Hall–Kier alpha value is -0.0400. The van der Waals surface area contributed by atoms with Gasteiger partial charge in [-0.2, -0.15) is 0 Å². The van der Waals surface area contributed by atoms with Crippen LogP contribution in [0.1, 0.15) is 53.9 Å². The van der Waals surface area contributed by atoms with Crippen LogP contribution in [0.25, 0.3) is 0 Å². The molecule has 0 spiro atoms. The summed E-state index contributed by atoms with van der Waals surface area (Å²) < 4.78 is 0. The molecule has 0 bridgehead atoms. The van der Waals surface area contributed by atoms with E-state index in [1.165, 1.54) is 32.4 Å². The molecule has 0 aliphatic carbocycles. The molecule has 1 nitrogen and oxygen atoms in total. The summed E-state index contributed by atoms with van der Waals surface area (Å²) in [6, 6.07) is 0. The lowest BCUT2D eigenvalue weighted by Gasteiger charge is -2.37. The standard InChI is InChI=1S/C13H29N/c1-7-13(8-2,12(4)5)10-11-14(6)9-3/h12H,7-11H2,1-6H3. The first-order valence-electron chi connectivity index (χ1n) is 6.21. The van der Waals surface area contributed by atoms with Crippen molar-refractivity contribution in [1.29, 1.82) is 0 Å². The molecule has 0 saturated heterocycles. The van der Waals surface area contributed by atoms with E-state index in [9.17, 15) is 0 Å². The second-order valence-electron chi connectivity index (χ2n) is 4.87. The molecule has 0 aromatic carbocycles. The maximum absolute atomic E-state index is 2.42. The van der Waals surface area contributed by atoms with Crippen LogP contribution in [0.15, 0.2) is 0 Å². The van der Waals surface area contributed by atoms with E-state index in [0.29, 0.717) is 5.41 Å². The van der Waals surface area contributed by atoms with Gasteiger partial charge in [0.2, 0.25) is 0 Å². The van der Waals surface area contributed by atoms with Crippen LogP contribution in [-0.2, 0) is 0 Å². The summed E-state index contributed by atoms with van der Waals surface area (Å²) in [5.41, 5.74) is 0.573. The van der Waals surface area contributed by atoms with E-state index in [2.05, 4.69) is 46.6 Å². The fourth-order valence-corrected chi connectivity index (χ4v) is 2.28. The lowest BCUT2D eigenvalue weighted by Crippen LogP contribution is -2.31. The van der Waals surface area contributed by atoms with Gasteiger partial charge in [-0.05, 0) is 37.9 Å². The molecule has 0 atom stereocenters. The van der Waals surface area contributed by atoms with E-state index in [4.69, 9.17) is 0 Å². The average molecular weight is 199 g/mol. The van der Waals surface area contributed by atoms with Gasteiger partial charge < -0.3 is 4.90 Å². The normalized spacial score (nSPS) is 12.9. The third kappa shape index (κ3) is 3.61. The average Bonchev–Trinajstić information content (AvgIpc) is 2.19. The summed E-state index contributed by atoms with van der Waals surface area (Å²) in [5.74, 6) is 0.808. The molecule has 0 amide bonds. The van der Waals surface area contributed by atoms with E-state index in [0.717, 1.165) is 5.92 Å². The maximum Gasteiger partial charge on any atom is -0.00165 e. The molecule has 0 aromatic heterocycles. The van der Waals surface area contributed by atoms with Crippen LogP contribution in [0.3, 0.4) is 0 Å². The summed E-state index contributed by atoms with van der Waals surface area (Å²) in [6.45, 7) is 14.1. The molecule has 0 unspecified atom stereocenters. The first kappa shape index (κ1) is 14.0. The van der Waals surface area contributed by atoms with Gasteiger partial charge in [-0.3, -0.25) is 0 Å². The third-order valence-electron chi connectivity index (χ3n) is 4.16. The Bertz CT molecular complexity index is 136. The Morgan fingerprint density at radius 3 is 1.86 bits per heavy atom. The Morgan fingerprint density at radius 1 is 1.07 bits per heavy atom. The van der Waals surface area contributed by atoms with Crippen molar-refractivity contribution in [3.63, 3.8) is 0 Å². The van der Waals surface area contributed by atoms with Crippen LogP contribution in [0.5, 0.6) is 0 Å². The van der Waals surface area contributed by atoms with Crippen LogP contribution >= 0.6 is 0 Å². The zero-order chi connectivity index (χ0) is 11.2. The molecule has 14 heavy (non-hydrogen) atoms. The first-order chi connectivity index (χ1) is 6.52. The zero-order valence-electron chi connectivity index (χ0n) is 11.1. The molecule has 0 saturated carbocycles. The smallest absolute Gasteiger partial charge is 0.00165 e. The summed E-state index contributed by atoms with van der Waals surface area (Å²) in [6.07, 6.45) is 3.99. The molecular weight excluding hydrogens is 170 g/mol. The SMILES string of the molecule is CCN(C)CCC(CC)(CC)C(C)C. The van der Waals surface area contributed by atoms with Gasteiger partial charge in [0, 0.05) is 0 Å². The lowest BCUT2D eigenvalue weighted by atomic mass is 9.70. The Balaban J connectivity index is 4.22. The van der Waals surface area contributed by atoms with Crippen molar-refractivity contribution in [3.8, 4) is 0 Å². The fourth-order valence-electron chi connectivity index (χ4n) is 2.28. The van der Waals surface area contributed by atoms with Gasteiger partial charge in [-0.1, -0.05) is 47.5 Å². The molecule has 0 rings (SSSR count). The Kier molecular flexibility index (Phi) is 6.43. The monoisotopic (exact) mass is 199 g/mol. The molecule has 0 heterocycles. The molecule has 0 aliphatic rings. The highest BCUT2D eigenvalue weighted by Gasteiger charge is 2.29. The number of hydrogen-bond donors (Lipinski definition) is 0. The minimum atomic E-state index is 0.573. The topological polar surface area (TPSA) is 3.24 Å². The van der Waals surface area contributed by atoms with E-state index < -0.39 is 0 Å². The van der Waals surface area contributed by atoms with Crippen molar-refractivity contribution < 1.29 is 0 Å². The lowest BCUT2D eigenvalue weighted by molar-refractivity contribution is 0.133. The highest BCUT2D eigenvalue weighted by Crippen LogP contribution is 2.38. The van der Waals surface area contributed by atoms with E-state index >= 15 is 0 Å². The molecule has 0 radical (unpaired) electrons. The molecule has 0 aromatic rings. The van der Waals surface area contributed by atoms with Gasteiger partial charge in [-0.15, -0.1) is 0 Å². The van der Waals surface area contributed by atoms with Gasteiger partial charge in [0.05, 0.1) is 0 Å². The van der Waals surface area contributed by atoms with Gasteiger partial charge in [0.1, 0.15) is 0 Å². The minimum absolute atomic E-state index is 0.573. The van der Waals surface area contributed by atoms with Gasteiger partial charge in [-0.25, -0.2) is 0 Å². The molecular formula is C13H29N. The van der Waals surface area contributed by atoms with E-state index in [1.54, 1.807) is 0 Å². The van der Waals surface area contributed by atoms with Crippen molar-refractivity contribution in [2.75, 3.05) is 20.1 Å². The van der Waals surface area contributed by atoms with Crippen LogP contribution in [0, 0.1) is 11.3 Å². The predicted molar refractivity (Wildman–Crippen MR) is 65.6 cm³/mol. The predicted octanol–water partition coefficient (Wildman–Crippen LogP) is 3.79. The summed E-state index contributed by atoms with van der Waals surface area (Å²) in [4.78, 5) is 2.42. The zero-order valence-corrected chi connectivity index (χ0v) is 11.1. The van der Waals surface area contributed by atoms with Crippen LogP contribution in [0.2, 0.25) is 0 Å². The molecule has 0 fully saturated rings. The highest BCUT2D eigenvalue weighted by molar-refractivity contribution is 4.80. The van der Waals surface area contributed by atoms with Crippen molar-refractivity contribution >= 4 is 0 Å². The van der Waals surface area contributed by atoms with E-state index in [-0.39, 0.29) is 0 Å². The fraction of sp³-hybridized carbons (Fsp3) is 1.00. The highest BCUT2D eigenvalue weighted by atomic mass is 15.1. The Morgan fingerprint density at radius 2 is 1.57 bits per heavy atom. The molecule has 86 valence electrons. The minimum Gasteiger partial charge on any atom is -0.307 e. The molecule has 0 aliphatic heterocycles. The number of nitrogens with zero attached hydrogens (tertiary/aromatic N) is 1. The summed E-state index contributed by atoms with van der Waals surface area (Å²) >= 11 is 0. The van der Waals surface area contributed by atoms with Gasteiger partial charge in [0.15, 0.2) is 0 Å². The van der Waals surface area contributed by atoms with Crippen molar-refractivity contribution in [1.82, 2.24) is 4.90 Å². The van der Waals surface area contributed by atoms with Crippen LogP contribution < -0.4 is 0 Å². The van der Waals surface area contributed by atoms with E-state index in [1.807, 2.05) is 0 Å². The maximum atomic E-state index is 2.42. The van der Waals surface area contributed by atoms with Gasteiger partial charge >= 0.3 is 0 Å². The molecule has 0 N–H and O–H groups in total. The van der Waals surface area contributed by atoms with Crippen molar-refractivity contribution in [3.05, 3.63) is 0 Å². The molecule has 1 heteroatoms. The second-order valence-corrected chi connectivity index (χ2v) is 4.87. The number of rotatable bonds is 7. The van der Waals surface area contributed by atoms with Crippen LogP contribution in [-0.4, -0.2) is 25.0 Å².